The zero-order chi connectivity index (χ0) is 14.1. The van der Waals surface area contributed by atoms with Crippen molar-refractivity contribution in [3.63, 3.8) is 0 Å². The topological polar surface area (TPSA) is 72.2 Å². The zero-order valence-corrected chi connectivity index (χ0v) is 12.9. The fourth-order valence-electron chi connectivity index (χ4n) is 1.69. The number of hydrogen-bond acceptors (Lipinski definition) is 5. The van der Waals surface area contributed by atoms with Gasteiger partial charge >= 0.3 is 0 Å². The highest BCUT2D eigenvalue weighted by molar-refractivity contribution is 9.10. The lowest BCUT2D eigenvalue weighted by Gasteiger charge is -2.02. The summed E-state index contributed by atoms with van der Waals surface area (Å²) >= 11 is 4.75. The number of fused-ring (bicyclic) bond motifs is 1. The van der Waals surface area contributed by atoms with Gasteiger partial charge in [0.1, 0.15) is 5.01 Å². The van der Waals surface area contributed by atoms with E-state index in [1.54, 1.807) is 16.6 Å². The summed E-state index contributed by atoms with van der Waals surface area (Å²) in [6, 6.07) is 7.20. The second-order valence-corrected chi connectivity index (χ2v) is 6.08. The Labute approximate surface area is 127 Å². The molecule has 0 radical (unpaired) electrons. The SMILES string of the molecule is Cc1nnc2sc(CNC(=O)c3ccc(Br)cc3)nn12. The highest BCUT2D eigenvalue weighted by atomic mass is 79.9. The van der Waals surface area contributed by atoms with E-state index in [2.05, 4.69) is 36.5 Å². The molecule has 0 unspecified atom stereocenters. The molecule has 0 saturated carbocycles. The van der Waals surface area contributed by atoms with Crippen molar-refractivity contribution in [1.29, 1.82) is 0 Å². The number of aromatic nitrogens is 4. The summed E-state index contributed by atoms with van der Waals surface area (Å²) < 4.78 is 2.62. The summed E-state index contributed by atoms with van der Waals surface area (Å²) in [4.78, 5) is 12.7. The quantitative estimate of drug-likeness (QED) is 0.784. The number of benzene rings is 1. The first-order valence-corrected chi connectivity index (χ1v) is 7.46. The van der Waals surface area contributed by atoms with Crippen LogP contribution >= 0.6 is 27.3 Å². The third kappa shape index (κ3) is 2.56. The Morgan fingerprint density at radius 2 is 2.10 bits per heavy atom. The van der Waals surface area contributed by atoms with E-state index in [4.69, 9.17) is 0 Å². The van der Waals surface area contributed by atoms with Crippen LogP contribution in [0.2, 0.25) is 0 Å². The Morgan fingerprint density at radius 3 is 2.80 bits per heavy atom. The average Bonchev–Trinajstić information content (AvgIpc) is 2.99. The van der Waals surface area contributed by atoms with Crippen molar-refractivity contribution < 1.29 is 4.79 Å². The first-order chi connectivity index (χ1) is 9.63. The van der Waals surface area contributed by atoms with E-state index in [0.29, 0.717) is 12.1 Å². The molecular weight excluding hydrogens is 342 g/mol. The molecule has 0 atom stereocenters. The van der Waals surface area contributed by atoms with Crippen molar-refractivity contribution in [2.45, 2.75) is 13.5 Å². The molecule has 0 bridgehead atoms. The lowest BCUT2D eigenvalue weighted by Crippen LogP contribution is -2.22. The van der Waals surface area contributed by atoms with Crippen LogP contribution in [0.15, 0.2) is 28.7 Å². The Balaban J connectivity index is 1.69. The first kappa shape index (κ1) is 13.2. The number of rotatable bonds is 3. The summed E-state index contributed by atoms with van der Waals surface area (Å²) in [7, 11) is 0. The maximum atomic E-state index is 12.0. The molecular formula is C12H10BrN5OS. The van der Waals surface area contributed by atoms with Crippen LogP contribution in [0.25, 0.3) is 4.96 Å². The maximum Gasteiger partial charge on any atom is 0.251 e. The highest BCUT2D eigenvalue weighted by Crippen LogP contribution is 2.14. The summed E-state index contributed by atoms with van der Waals surface area (Å²) in [5.41, 5.74) is 0.618. The zero-order valence-electron chi connectivity index (χ0n) is 10.5. The number of carbonyl (C=O) groups is 1. The molecule has 0 spiro atoms. The van der Waals surface area contributed by atoms with E-state index in [-0.39, 0.29) is 5.91 Å². The predicted octanol–water partition coefficient (Wildman–Crippen LogP) is 2.19. The van der Waals surface area contributed by atoms with Crippen molar-refractivity contribution >= 4 is 38.1 Å². The van der Waals surface area contributed by atoms with E-state index in [1.165, 1.54) is 11.3 Å². The third-order valence-electron chi connectivity index (χ3n) is 2.70. The number of aryl methyl sites for hydroxylation is 1. The monoisotopic (exact) mass is 351 g/mol. The molecule has 0 fully saturated rings. The normalized spacial score (nSPS) is 10.9. The van der Waals surface area contributed by atoms with Crippen LogP contribution in [0.3, 0.4) is 0 Å². The standard InChI is InChI=1S/C12H10BrN5OS/c1-7-15-16-12-18(7)17-10(20-12)6-14-11(19)8-2-4-9(13)5-3-8/h2-5H,6H2,1H3,(H,14,19). The summed E-state index contributed by atoms with van der Waals surface area (Å²) in [5.74, 6) is 0.613. The maximum absolute atomic E-state index is 12.0. The Bertz CT molecular complexity index is 764. The molecule has 0 saturated heterocycles. The van der Waals surface area contributed by atoms with Gasteiger partial charge in [-0.05, 0) is 31.2 Å². The number of nitrogens with zero attached hydrogens (tertiary/aromatic N) is 4. The van der Waals surface area contributed by atoms with Crippen LogP contribution in [-0.2, 0) is 6.54 Å². The van der Waals surface area contributed by atoms with E-state index in [1.807, 2.05) is 19.1 Å². The fraction of sp³-hybridized carbons (Fsp3) is 0.167. The summed E-state index contributed by atoms with van der Waals surface area (Å²) in [6.07, 6.45) is 0. The molecule has 6 nitrogen and oxygen atoms in total. The molecule has 1 N–H and O–H groups in total. The predicted molar refractivity (Wildman–Crippen MR) is 78.7 cm³/mol. The van der Waals surface area contributed by atoms with Gasteiger partial charge in [0, 0.05) is 10.0 Å². The first-order valence-electron chi connectivity index (χ1n) is 5.85. The van der Waals surface area contributed by atoms with Crippen LogP contribution in [-0.4, -0.2) is 25.7 Å². The molecule has 0 aliphatic rings. The highest BCUT2D eigenvalue weighted by Gasteiger charge is 2.10. The van der Waals surface area contributed by atoms with Crippen LogP contribution < -0.4 is 5.32 Å². The van der Waals surface area contributed by atoms with E-state index < -0.39 is 0 Å². The van der Waals surface area contributed by atoms with Crippen LogP contribution in [0, 0.1) is 6.92 Å². The number of amides is 1. The van der Waals surface area contributed by atoms with Gasteiger partial charge in [-0.25, -0.2) is 0 Å². The molecule has 0 aliphatic carbocycles. The van der Waals surface area contributed by atoms with Crippen molar-refractivity contribution in [3.05, 3.63) is 45.1 Å². The Morgan fingerprint density at radius 1 is 1.35 bits per heavy atom. The van der Waals surface area contributed by atoms with E-state index in [0.717, 1.165) is 20.3 Å². The molecule has 1 amide bonds. The van der Waals surface area contributed by atoms with Gasteiger partial charge in [0.25, 0.3) is 5.91 Å². The summed E-state index contributed by atoms with van der Waals surface area (Å²) in [5, 5.41) is 15.9. The molecule has 20 heavy (non-hydrogen) atoms. The van der Waals surface area contributed by atoms with Crippen molar-refractivity contribution in [2.24, 2.45) is 0 Å². The number of nitrogens with one attached hydrogen (secondary N) is 1. The lowest BCUT2D eigenvalue weighted by molar-refractivity contribution is 0.0951. The van der Waals surface area contributed by atoms with Gasteiger partial charge in [-0.1, -0.05) is 27.3 Å². The lowest BCUT2D eigenvalue weighted by atomic mass is 10.2. The fourth-order valence-corrected chi connectivity index (χ4v) is 2.77. The van der Waals surface area contributed by atoms with Gasteiger partial charge < -0.3 is 5.32 Å². The number of halogens is 1. The minimum atomic E-state index is -0.125. The van der Waals surface area contributed by atoms with Gasteiger partial charge in [-0.2, -0.15) is 9.61 Å². The molecule has 102 valence electrons. The molecule has 3 rings (SSSR count). The smallest absolute Gasteiger partial charge is 0.251 e. The Hall–Kier alpha value is -1.80. The van der Waals surface area contributed by atoms with Crippen LogP contribution in [0.1, 0.15) is 21.2 Å². The minimum absolute atomic E-state index is 0.125. The van der Waals surface area contributed by atoms with Crippen molar-refractivity contribution in [3.8, 4) is 0 Å². The molecule has 2 aromatic heterocycles. The van der Waals surface area contributed by atoms with Gasteiger partial charge in [-0.15, -0.1) is 10.2 Å². The van der Waals surface area contributed by atoms with Crippen molar-refractivity contribution in [1.82, 2.24) is 25.1 Å². The van der Waals surface area contributed by atoms with Crippen LogP contribution in [0.5, 0.6) is 0 Å². The third-order valence-corrected chi connectivity index (χ3v) is 4.12. The average molecular weight is 352 g/mol. The number of carbonyl (C=O) groups excluding carboxylic acids is 1. The second kappa shape index (κ2) is 5.29. The number of hydrogen-bond donors (Lipinski definition) is 1. The van der Waals surface area contributed by atoms with Crippen molar-refractivity contribution in [2.75, 3.05) is 0 Å². The minimum Gasteiger partial charge on any atom is -0.345 e. The molecule has 0 aliphatic heterocycles. The Kier molecular flexibility index (Phi) is 3.49. The van der Waals surface area contributed by atoms with Gasteiger partial charge in [0.05, 0.1) is 6.54 Å². The van der Waals surface area contributed by atoms with Crippen LogP contribution in [0.4, 0.5) is 0 Å². The van der Waals surface area contributed by atoms with Gasteiger partial charge in [-0.3, -0.25) is 4.79 Å². The molecule has 1 aromatic carbocycles. The molecule has 8 heteroatoms. The van der Waals surface area contributed by atoms with Gasteiger partial charge in [0.2, 0.25) is 4.96 Å². The molecule has 3 aromatic rings. The summed E-state index contributed by atoms with van der Waals surface area (Å²) in [6.45, 7) is 2.21. The second-order valence-electron chi connectivity index (χ2n) is 4.13. The van der Waals surface area contributed by atoms with E-state index >= 15 is 0 Å². The molecule has 2 heterocycles. The van der Waals surface area contributed by atoms with E-state index in [9.17, 15) is 4.79 Å². The largest absolute Gasteiger partial charge is 0.345 e. The van der Waals surface area contributed by atoms with Gasteiger partial charge in [0.15, 0.2) is 5.82 Å².